The summed E-state index contributed by atoms with van der Waals surface area (Å²) in [5.41, 5.74) is 10.1. The molecule has 0 spiro atoms. The van der Waals surface area contributed by atoms with E-state index in [0.717, 1.165) is 0 Å². The number of hydrogen-bond acceptors (Lipinski definition) is 2. The molecule has 0 amide bonds. The van der Waals surface area contributed by atoms with Crippen LogP contribution in [0.1, 0.15) is 73.9 Å². The third-order valence-corrected chi connectivity index (χ3v) is 8.79. The number of hydrogen-bond donors (Lipinski definition) is 0. The average Bonchev–Trinajstić information content (AvgIpc) is 3.04. The van der Waals surface area contributed by atoms with Gasteiger partial charge in [0.1, 0.15) is 0 Å². The zero-order valence-corrected chi connectivity index (χ0v) is 16.5. The monoisotopic (exact) mass is 322 g/mol. The molecule has 2 nitrogen and oxygen atoms in total. The van der Waals surface area contributed by atoms with Gasteiger partial charge in [-0.1, -0.05) is 12.2 Å². The lowest BCUT2D eigenvalue weighted by molar-refractivity contribution is 0.118. The number of likely N-dealkylation sites (N-methyl/N-ethyl adjacent to an activating group) is 1. The molecule has 4 unspecified atom stereocenters. The van der Waals surface area contributed by atoms with E-state index in [9.17, 15) is 0 Å². The molecule has 1 aromatic rings. The van der Waals surface area contributed by atoms with Gasteiger partial charge in [-0.25, -0.2) is 0 Å². The Morgan fingerprint density at radius 1 is 0.667 bits per heavy atom. The van der Waals surface area contributed by atoms with Gasteiger partial charge in [0, 0.05) is 11.1 Å². The molecule has 2 heteroatoms. The van der Waals surface area contributed by atoms with Gasteiger partial charge in [0.25, 0.3) is 0 Å². The van der Waals surface area contributed by atoms with Crippen LogP contribution >= 0.6 is 0 Å². The largest absolute Gasteiger partial charge is 0.287 e. The van der Waals surface area contributed by atoms with Crippen molar-refractivity contribution >= 4 is 0 Å². The van der Waals surface area contributed by atoms with Crippen LogP contribution in [0.2, 0.25) is 0 Å². The van der Waals surface area contributed by atoms with Crippen molar-refractivity contribution in [2.75, 3.05) is 14.1 Å². The smallest absolute Gasteiger partial charge is 0.0631 e. The molecule has 1 saturated heterocycles. The summed E-state index contributed by atoms with van der Waals surface area (Å²) in [6.45, 7) is 14.6. The second-order valence-electron chi connectivity index (χ2n) is 9.54. The van der Waals surface area contributed by atoms with E-state index < -0.39 is 0 Å². The molecule has 128 valence electrons. The highest BCUT2D eigenvalue weighted by atomic mass is 15.3. The Morgan fingerprint density at radius 3 is 1.42 bits per heavy atom. The van der Waals surface area contributed by atoms with Gasteiger partial charge >= 0.3 is 0 Å². The molecule has 0 N–H and O–H groups in total. The van der Waals surface area contributed by atoms with Crippen LogP contribution in [0.15, 0.2) is 12.2 Å². The van der Waals surface area contributed by atoms with Crippen LogP contribution < -0.4 is 0 Å². The van der Waals surface area contributed by atoms with Crippen molar-refractivity contribution in [3.05, 3.63) is 45.5 Å². The first kappa shape index (κ1) is 15.2. The van der Waals surface area contributed by atoms with Crippen LogP contribution in [0, 0.1) is 13.8 Å². The molecule has 5 rings (SSSR count). The fourth-order valence-corrected chi connectivity index (χ4v) is 7.10. The maximum absolute atomic E-state index is 2.67. The Hall–Kier alpha value is -1.12. The van der Waals surface area contributed by atoms with E-state index in [4.69, 9.17) is 0 Å². The Kier molecular flexibility index (Phi) is 2.33. The summed E-state index contributed by atoms with van der Waals surface area (Å²) in [7, 11) is 4.65. The van der Waals surface area contributed by atoms with E-state index in [0.29, 0.717) is 0 Å². The first-order chi connectivity index (χ1) is 11.0. The van der Waals surface area contributed by atoms with Crippen molar-refractivity contribution in [2.24, 2.45) is 0 Å². The molecule has 4 aliphatic heterocycles. The van der Waals surface area contributed by atoms with E-state index in [1.54, 1.807) is 33.4 Å². The second-order valence-corrected chi connectivity index (χ2v) is 9.54. The van der Waals surface area contributed by atoms with E-state index in [1.165, 1.54) is 12.8 Å². The summed E-state index contributed by atoms with van der Waals surface area (Å²) >= 11 is 0. The first-order valence-electron chi connectivity index (χ1n) is 9.41. The SMILES string of the molecule is Cc1c2c(c(C)c3c1C1(C)CCC3(C)N1C)C1(C)C=CC2(C)N1C. The highest BCUT2D eigenvalue weighted by Crippen LogP contribution is 2.66. The van der Waals surface area contributed by atoms with E-state index in [-0.39, 0.29) is 22.2 Å². The van der Waals surface area contributed by atoms with E-state index in [2.05, 4.69) is 77.6 Å². The Labute approximate surface area is 146 Å². The quantitative estimate of drug-likeness (QED) is 0.653. The third-order valence-electron chi connectivity index (χ3n) is 8.79. The molecule has 4 aliphatic rings. The highest BCUT2D eigenvalue weighted by molar-refractivity contribution is 5.68. The predicted molar refractivity (Wildman–Crippen MR) is 99.2 cm³/mol. The molecule has 1 fully saturated rings. The summed E-state index contributed by atoms with van der Waals surface area (Å²) in [6.07, 6.45) is 7.45. The van der Waals surface area contributed by atoms with Gasteiger partial charge in [-0.05, 0) is 102 Å². The van der Waals surface area contributed by atoms with Crippen molar-refractivity contribution in [2.45, 2.75) is 76.5 Å². The van der Waals surface area contributed by atoms with Gasteiger partial charge in [0.05, 0.1) is 11.1 Å². The zero-order valence-electron chi connectivity index (χ0n) is 16.5. The second kappa shape index (κ2) is 3.68. The normalized spacial score (nSPS) is 45.3. The summed E-state index contributed by atoms with van der Waals surface area (Å²) in [5.74, 6) is 0. The zero-order chi connectivity index (χ0) is 17.4. The standard InChI is InChI=1S/C22H30N2/c1-13-15-17(21(5)11-9-19(15,3)23(21)7)14(2)18-16(13)20(4)10-12-22(18,6)24(20)8/h9,11H,10,12H2,1-8H3. The van der Waals surface area contributed by atoms with Crippen molar-refractivity contribution in [1.29, 1.82) is 0 Å². The maximum Gasteiger partial charge on any atom is 0.0631 e. The predicted octanol–water partition coefficient (Wildman–Crippen LogP) is 4.42. The van der Waals surface area contributed by atoms with Crippen molar-refractivity contribution < 1.29 is 0 Å². The summed E-state index contributed by atoms with van der Waals surface area (Å²) in [5, 5.41) is 0. The summed E-state index contributed by atoms with van der Waals surface area (Å²) in [6, 6.07) is 0. The Bertz CT molecular complexity index is 785. The molecule has 4 bridgehead atoms. The van der Waals surface area contributed by atoms with Crippen LogP contribution in [0.25, 0.3) is 0 Å². The van der Waals surface area contributed by atoms with Gasteiger partial charge in [-0.3, -0.25) is 9.80 Å². The van der Waals surface area contributed by atoms with Gasteiger partial charge < -0.3 is 0 Å². The molecule has 0 aliphatic carbocycles. The molecular formula is C22H30N2. The molecule has 4 heterocycles. The van der Waals surface area contributed by atoms with E-state index in [1.807, 2.05) is 0 Å². The molecule has 1 aromatic carbocycles. The minimum Gasteiger partial charge on any atom is -0.287 e. The number of benzene rings is 1. The van der Waals surface area contributed by atoms with Gasteiger partial charge in [-0.2, -0.15) is 0 Å². The molecular weight excluding hydrogens is 292 g/mol. The number of rotatable bonds is 0. The van der Waals surface area contributed by atoms with Gasteiger partial charge in [0.2, 0.25) is 0 Å². The van der Waals surface area contributed by atoms with Crippen LogP contribution in [0.4, 0.5) is 0 Å². The lowest BCUT2D eigenvalue weighted by Gasteiger charge is -2.34. The topological polar surface area (TPSA) is 6.48 Å². The Morgan fingerprint density at radius 2 is 1.04 bits per heavy atom. The van der Waals surface area contributed by atoms with Crippen LogP contribution in [0.5, 0.6) is 0 Å². The number of nitrogens with zero attached hydrogens (tertiary/aromatic N) is 2. The number of fused-ring (bicyclic) bond motifs is 10. The van der Waals surface area contributed by atoms with Gasteiger partial charge in [0.15, 0.2) is 0 Å². The Balaban J connectivity index is 1.96. The van der Waals surface area contributed by atoms with Crippen LogP contribution in [-0.2, 0) is 22.2 Å². The fraction of sp³-hybridized carbons (Fsp3) is 0.636. The highest BCUT2D eigenvalue weighted by Gasteiger charge is 2.63. The maximum atomic E-state index is 2.67. The first-order valence-corrected chi connectivity index (χ1v) is 9.41. The molecule has 0 radical (unpaired) electrons. The molecule has 0 saturated carbocycles. The molecule has 4 atom stereocenters. The minimum absolute atomic E-state index is 0.0472. The van der Waals surface area contributed by atoms with E-state index >= 15 is 0 Å². The van der Waals surface area contributed by atoms with Gasteiger partial charge in [-0.15, -0.1) is 0 Å². The minimum atomic E-state index is 0.0472. The summed E-state index contributed by atoms with van der Waals surface area (Å²) < 4.78 is 0. The molecule has 0 aromatic heterocycles. The average molecular weight is 322 g/mol. The van der Waals surface area contributed by atoms with Crippen molar-refractivity contribution in [1.82, 2.24) is 9.80 Å². The van der Waals surface area contributed by atoms with Crippen LogP contribution in [0.3, 0.4) is 0 Å². The fourth-order valence-electron chi connectivity index (χ4n) is 7.10. The lowest BCUT2D eigenvalue weighted by atomic mass is 9.68. The van der Waals surface area contributed by atoms with Crippen molar-refractivity contribution in [3.8, 4) is 0 Å². The molecule has 24 heavy (non-hydrogen) atoms. The summed E-state index contributed by atoms with van der Waals surface area (Å²) in [4.78, 5) is 5.25. The third kappa shape index (κ3) is 1.15. The lowest BCUT2D eigenvalue weighted by Crippen LogP contribution is -2.39. The van der Waals surface area contributed by atoms with Crippen molar-refractivity contribution in [3.63, 3.8) is 0 Å². The van der Waals surface area contributed by atoms with Crippen LogP contribution in [-0.4, -0.2) is 23.9 Å².